The molecule has 4 nitrogen and oxygen atoms in total. The second-order valence-electron chi connectivity index (χ2n) is 6.28. The van der Waals surface area contributed by atoms with Gasteiger partial charge in [0.15, 0.2) is 0 Å². The van der Waals surface area contributed by atoms with Crippen molar-refractivity contribution in [1.29, 1.82) is 0 Å². The minimum atomic E-state index is -0.366. The van der Waals surface area contributed by atoms with Gasteiger partial charge in [-0.1, -0.05) is 27.7 Å². The van der Waals surface area contributed by atoms with Crippen molar-refractivity contribution >= 4 is 12.4 Å². The van der Waals surface area contributed by atoms with Crippen LogP contribution in [-0.4, -0.2) is 24.7 Å². The van der Waals surface area contributed by atoms with Crippen LogP contribution >= 0.6 is 0 Å². The Morgan fingerprint density at radius 1 is 1.42 bits per heavy atom. The van der Waals surface area contributed by atoms with Gasteiger partial charge in [-0.15, -0.1) is 5.16 Å². The molecule has 0 radical (unpaired) electrons. The fourth-order valence-corrected chi connectivity index (χ4v) is 2.66. The van der Waals surface area contributed by atoms with Crippen molar-refractivity contribution in [3.63, 3.8) is 0 Å². The molecule has 0 fully saturated rings. The third-order valence-corrected chi connectivity index (χ3v) is 3.95. The van der Waals surface area contributed by atoms with Crippen molar-refractivity contribution in [2.24, 2.45) is 33.6 Å². The molecule has 1 rings (SSSR count). The molecule has 0 saturated carbocycles. The summed E-state index contributed by atoms with van der Waals surface area (Å²) in [4.78, 5) is 9.98. The fraction of sp³-hybridized carbons (Fsp3) is 0.867. The maximum atomic E-state index is 6.31. The van der Waals surface area contributed by atoms with Gasteiger partial charge in [0.25, 0.3) is 0 Å². The average Bonchev–Trinajstić information content (AvgIpc) is 2.48. The summed E-state index contributed by atoms with van der Waals surface area (Å²) < 4.78 is 0. The van der Waals surface area contributed by atoms with Crippen LogP contribution in [0.2, 0.25) is 0 Å². The van der Waals surface area contributed by atoms with E-state index in [0.717, 1.165) is 25.7 Å². The Morgan fingerprint density at radius 3 is 2.63 bits per heavy atom. The van der Waals surface area contributed by atoms with Crippen LogP contribution in [0.4, 0.5) is 0 Å². The Morgan fingerprint density at radius 2 is 2.11 bits per heavy atom. The van der Waals surface area contributed by atoms with E-state index in [1.807, 2.05) is 0 Å². The first kappa shape index (κ1) is 16.2. The van der Waals surface area contributed by atoms with Crippen LogP contribution in [0, 0.1) is 17.8 Å². The largest absolute Gasteiger partial charge is 0.368 e. The van der Waals surface area contributed by atoms with Crippen LogP contribution in [0.1, 0.15) is 53.4 Å². The Balaban J connectivity index is 2.78. The summed E-state index contributed by atoms with van der Waals surface area (Å²) in [6, 6.07) is -0.0953. The number of rotatable bonds is 6. The van der Waals surface area contributed by atoms with Crippen molar-refractivity contribution in [3.05, 3.63) is 0 Å². The highest BCUT2D eigenvalue weighted by atomic mass is 16.6. The maximum absolute atomic E-state index is 6.31. The first-order valence-corrected chi connectivity index (χ1v) is 7.38. The lowest BCUT2D eigenvalue weighted by Gasteiger charge is -2.27. The molecule has 110 valence electrons. The zero-order valence-electron chi connectivity index (χ0n) is 12.8. The molecule has 0 amide bonds. The Labute approximate surface area is 117 Å². The summed E-state index contributed by atoms with van der Waals surface area (Å²) in [5, 5.41) is 3.54. The number of nitrogens with zero attached hydrogens (tertiary/aromatic N) is 2. The SMILES string of the molecule is C=NOC1N=C(CCC(C)C)CCC(C(C)C)C1N. The van der Waals surface area contributed by atoms with Gasteiger partial charge in [0.1, 0.15) is 0 Å². The molecular formula is C15H29N3O. The minimum absolute atomic E-state index is 0.0953. The van der Waals surface area contributed by atoms with Crippen LogP contribution < -0.4 is 5.73 Å². The number of nitrogens with two attached hydrogens (primary N) is 1. The van der Waals surface area contributed by atoms with Gasteiger partial charge in [-0.3, -0.25) is 0 Å². The molecule has 2 N–H and O–H groups in total. The zero-order chi connectivity index (χ0) is 14.4. The summed E-state index contributed by atoms with van der Waals surface area (Å²) in [7, 11) is 0. The Hall–Kier alpha value is -0.900. The van der Waals surface area contributed by atoms with Gasteiger partial charge in [0.05, 0.1) is 6.04 Å². The van der Waals surface area contributed by atoms with Gasteiger partial charge in [0.2, 0.25) is 6.23 Å². The average molecular weight is 267 g/mol. The van der Waals surface area contributed by atoms with Crippen molar-refractivity contribution in [1.82, 2.24) is 0 Å². The molecule has 19 heavy (non-hydrogen) atoms. The number of aliphatic imine (C=N–C) groups is 1. The van der Waals surface area contributed by atoms with Crippen molar-refractivity contribution in [2.45, 2.75) is 65.6 Å². The molecule has 1 heterocycles. The summed E-state index contributed by atoms with van der Waals surface area (Å²) in [6.07, 6.45) is 3.95. The standard InChI is InChI=1S/C15H29N3O/c1-10(2)6-7-12-8-9-13(11(3)4)14(16)15(18-12)19-17-5/h10-11,13-15H,5-9,16H2,1-4H3. The van der Waals surface area contributed by atoms with E-state index in [-0.39, 0.29) is 12.3 Å². The molecule has 0 aromatic heterocycles. The zero-order valence-corrected chi connectivity index (χ0v) is 12.8. The smallest absolute Gasteiger partial charge is 0.232 e. The molecule has 0 aromatic rings. The van der Waals surface area contributed by atoms with E-state index in [2.05, 4.69) is 44.6 Å². The molecule has 0 spiro atoms. The lowest BCUT2D eigenvalue weighted by atomic mass is 9.84. The number of hydrogen-bond acceptors (Lipinski definition) is 4. The molecule has 3 atom stereocenters. The van der Waals surface area contributed by atoms with E-state index >= 15 is 0 Å². The van der Waals surface area contributed by atoms with Crippen molar-refractivity contribution in [2.75, 3.05) is 0 Å². The van der Waals surface area contributed by atoms with Crippen LogP contribution in [0.15, 0.2) is 10.1 Å². The molecule has 1 aliphatic rings. The molecule has 0 aromatic carbocycles. The summed E-state index contributed by atoms with van der Waals surface area (Å²) in [5.41, 5.74) is 7.53. The second kappa shape index (κ2) is 7.63. The van der Waals surface area contributed by atoms with Gasteiger partial charge < -0.3 is 10.6 Å². The molecule has 0 aliphatic carbocycles. The van der Waals surface area contributed by atoms with Crippen LogP contribution in [0.5, 0.6) is 0 Å². The first-order chi connectivity index (χ1) is 8.95. The molecule has 1 aliphatic heterocycles. The Bertz CT molecular complexity index is 313. The summed E-state index contributed by atoms with van der Waals surface area (Å²) in [5.74, 6) is 1.65. The highest BCUT2D eigenvalue weighted by Gasteiger charge is 2.32. The second-order valence-corrected chi connectivity index (χ2v) is 6.28. The predicted octanol–water partition coefficient (Wildman–Crippen LogP) is 3.22. The molecule has 3 unspecified atom stereocenters. The topological polar surface area (TPSA) is 60.0 Å². The van der Waals surface area contributed by atoms with E-state index in [4.69, 9.17) is 10.6 Å². The third kappa shape index (κ3) is 4.94. The number of hydrogen-bond donors (Lipinski definition) is 1. The van der Waals surface area contributed by atoms with Crippen molar-refractivity contribution < 1.29 is 4.84 Å². The van der Waals surface area contributed by atoms with Gasteiger partial charge in [-0.05, 0) is 43.4 Å². The monoisotopic (exact) mass is 267 g/mol. The van der Waals surface area contributed by atoms with E-state index in [1.165, 1.54) is 5.71 Å². The number of oxime groups is 1. The normalized spacial score (nSPS) is 28.2. The highest BCUT2D eigenvalue weighted by Crippen LogP contribution is 2.28. The lowest BCUT2D eigenvalue weighted by molar-refractivity contribution is 0.0279. The predicted molar refractivity (Wildman–Crippen MR) is 81.5 cm³/mol. The lowest BCUT2D eigenvalue weighted by Crippen LogP contribution is -2.42. The summed E-state index contributed by atoms with van der Waals surface area (Å²) >= 11 is 0. The van der Waals surface area contributed by atoms with E-state index in [9.17, 15) is 0 Å². The third-order valence-electron chi connectivity index (χ3n) is 3.95. The van der Waals surface area contributed by atoms with Gasteiger partial charge in [-0.2, -0.15) is 0 Å². The minimum Gasteiger partial charge on any atom is -0.368 e. The van der Waals surface area contributed by atoms with E-state index < -0.39 is 0 Å². The van der Waals surface area contributed by atoms with E-state index in [1.54, 1.807) is 0 Å². The van der Waals surface area contributed by atoms with Crippen LogP contribution in [0.3, 0.4) is 0 Å². The van der Waals surface area contributed by atoms with Gasteiger partial charge in [-0.25, -0.2) is 4.99 Å². The van der Waals surface area contributed by atoms with Crippen LogP contribution in [0.25, 0.3) is 0 Å². The maximum Gasteiger partial charge on any atom is 0.232 e. The quantitative estimate of drug-likeness (QED) is 0.593. The van der Waals surface area contributed by atoms with Crippen molar-refractivity contribution in [3.8, 4) is 0 Å². The molecule has 0 saturated heterocycles. The Kier molecular flexibility index (Phi) is 6.49. The van der Waals surface area contributed by atoms with Gasteiger partial charge >= 0.3 is 0 Å². The molecule has 4 heteroatoms. The van der Waals surface area contributed by atoms with E-state index in [0.29, 0.717) is 17.8 Å². The fourth-order valence-electron chi connectivity index (χ4n) is 2.66. The summed E-state index contributed by atoms with van der Waals surface area (Å²) in [6.45, 7) is 12.3. The molecule has 0 bridgehead atoms. The van der Waals surface area contributed by atoms with Gasteiger partial charge in [0, 0.05) is 12.4 Å². The van der Waals surface area contributed by atoms with Crippen LogP contribution in [-0.2, 0) is 4.84 Å². The highest BCUT2D eigenvalue weighted by molar-refractivity contribution is 5.84. The molecular weight excluding hydrogens is 238 g/mol. The first-order valence-electron chi connectivity index (χ1n) is 7.38.